The Kier molecular flexibility index (Phi) is 3.49. The Morgan fingerprint density at radius 2 is 1.78 bits per heavy atom. The highest BCUT2D eigenvalue weighted by Gasteiger charge is 2.19. The highest BCUT2D eigenvalue weighted by molar-refractivity contribution is 5.85. The third-order valence-electron chi connectivity index (χ3n) is 3.50. The maximum absolute atomic E-state index is 10.1. The topological polar surface area (TPSA) is 33.4 Å². The highest BCUT2D eigenvalue weighted by Crippen LogP contribution is 2.34. The van der Waals surface area contributed by atoms with Crippen molar-refractivity contribution < 1.29 is 9.52 Å². The maximum atomic E-state index is 10.1. The minimum Gasteiger partial charge on any atom is -0.458 e. The van der Waals surface area contributed by atoms with Crippen LogP contribution in [0.2, 0.25) is 0 Å². The van der Waals surface area contributed by atoms with Crippen LogP contribution in [0, 0.1) is 12.8 Å². The molecule has 1 N–H and O–H groups in total. The SMILES string of the molecule is Cc1ccc(C(C)C)c2oc(C(O)C(C)C)cc12. The van der Waals surface area contributed by atoms with Crippen LogP contribution in [0.5, 0.6) is 0 Å². The van der Waals surface area contributed by atoms with Crippen LogP contribution >= 0.6 is 0 Å². The molecule has 2 aromatic rings. The minimum atomic E-state index is -0.531. The van der Waals surface area contributed by atoms with Gasteiger partial charge in [-0.1, -0.05) is 39.8 Å². The van der Waals surface area contributed by atoms with E-state index in [1.165, 1.54) is 11.1 Å². The van der Waals surface area contributed by atoms with E-state index in [-0.39, 0.29) is 5.92 Å². The lowest BCUT2D eigenvalue weighted by molar-refractivity contribution is 0.104. The zero-order valence-corrected chi connectivity index (χ0v) is 11.8. The smallest absolute Gasteiger partial charge is 0.138 e. The van der Waals surface area contributed by atoms with Crippen LogP contribution in [0.3, 0.4) is 0 Å². The average molecular weight is 246 g/mol. The van der Waals surface area contributed by atoms with Gasteiger partial charge in [0.1, 0.15) is 17.4 Å². The third-order valence-corrected chi connectivity index (χ3v) is 3.50. The van der Waals surface area contributed by atoms with Crippen LogP contribution in [-0.4, -0.2) is 5.11 Å². The molecule has 1 aromatic heterocycles. The van der Waals surface area contributed by atoms with E-state index in [2.05, 4.69) is 32.9 Å². The highest BCUT2D eigenvalue weighted by atomic mass is 16.4. The van der Waals surface area contributed by atoms with Crippen molar-refractivity contribution in [2.24, 2.45) is 5.92 Å². The summed E-state index contributed by atoms with van der Waals surface area (Å²) in [6.07, 6.45) is -0.531. The van der Waals surface area contributed by atoms with E-state index in [0.29, 0.717) is 11.7 Å². The van der Waals surface area contributed by atoms with Gasteiger partial charge in [-0.05, 0) is 36.0 Å². The van der Waals surface area contributed by atoms with Gasteiger partial charge in [-0.15, -0.1) is 0 Å². The number of benzene rings is 1. The second kappa shape index (κ2) is 4.77. The molecule has 2 heteroatoms. The number of fused-ring (bicyclic) bond motifs is 1. The molecule has 0 fully saturated rings. The molecule has 2 nitrogen and oxygen atoms in total. The fraction of sp³-hybridized carbons (Fsp3) is 0.500. The van der Waals surface area contributed by atoms with E-state index in [1.54, 1.807) is 0 Å². The van der Waals surface area contributed by atoms with E-state index >= 15 is 0 Å². The summed E-state index contributed by atoms with van der Waals surface area (Å²) in [5.74, 6) is 1.26. The first kappa shape index (κ1) is 13.2. The zero-order valence-electron chi connectivity index (χ0n) is 11.8. The first-order valence-corrected chi connectivity index (χ1v) is 6.62. The van der Waals surface area contributed by atoms with Crippen molar-refractivity contribution in [1.29, 1.82) is 0 Å². The molecule has 1 unspecified atom stereocenters. The molecular formula is C16H22O2. The van der Waals surface area contributed by atoms with Crippen LogP contribution < -0.4 is 0 Å². The quantitative estimate of drug-likeness (QED) is 0.861. The van der Waals surface area contributed by atoms with Gasteiger partial charge in [-0.2, -0.15) is 0 Å². The molecule has 2 rings (SSSR count). The number of hydrogen-bond donors (Lipinski definition) is 1. The molecule has 0 aliphatic rings. The van der Waals surface area contributed by atoms with Crippen molar-refractivity contribution in [2.45, 2.75) is 46.6 Å². The Hall–Kier alpha value is -1.28. The number of furan rings is 1. The van der Waals surface area contributed by atoms with Gasteiger partial charge < -0.3 is 9.52 Å². The van der Waals surface area contributed by atoms with E-state index in [9.17, 15) is 5.11 Å². The summed E-state index contributed by atoms with van der Waals surface area (Å²) in [4.78, 5) is 0. The van der Waals surface area contributed by atoms with Crippen molar-refractivity contribution in [3.63, 3.8) is 0 Å². The summed E-state index contributed by atoms with van der Waals surface area (Å²) in [6, 6.07) is 6.23. The van der Waals surface area contributed by atoms with Gasteiger partial charge >= 0.3 is 0 Å². The Labute approximate surface area is 109 Å². The van der Waals surface area contributed by atoms with Crippen molar-refractivity contribution >= 4 is 11.0 Å². The molecule has 0 radical (unpaired) electrons. The van der Waals surface area contributed by atoms with E-state index < -0.39 is 6.10 Å². The third kappa shape index (κ3) is 2.17. The average Bonchev–Trinajstić information content (AvgIpc) is 2.73. The van der Waals surface area contributed by atoms with Gasteiger partial charge in [0.05, 0.1) is 0 Å². The molecule has 1 aromatic carbocycles. The second-order valence-corrected chi connectivity index (χ2v) is 5.71. The van der Waals surface area contributed by atoms with Crippen molar-refractivity contribution in [2.75, 3.05) is 0 Å². The van der Waals surface area contributed by atoms with E-state index in [4.69, 9.17) is 4.42 Å². The lowest BCUT2D eigenvalue weighted by Crippen LogP contribution is -2.03. The predicted molar refractivity (Wildman–Crippen MR) is 74.8 cm³/mol. The van der Waals surface area contributed by atoms with E-state index in [0.717, 1.165) is 11.0 Å². The molecule has 0 aliphatic carbocycles. The summed E-state index contributed by atoms with van der Waals surface area (Å²) >= 11 is 0. The minimum absolute atomic E-state index is 0.161. The fourth-order valence-electron chi connectivity index (χ4n) is 2.23. The first-order chi connectivity index (χ1) is 8.41. The Morgan fingerprint density at radius 3 is 2.33 bits per heavy atom. The van der Waals surface area contributed by atoms with Crippen LogP contribution in [0.4, 0.5) is 0 Å². The normalized spacial score (nSPS) is 13.8. The second-order valence-electron chi connectivity index (χ2n) is 5.71. The summed E-state index contributed by atoms with van der Waals surface area (Å²) in [6.45, 7) is 10.4. The monoisotopic (exact) mass is 246 g/mol. The fourth-order valence-corrected chi connectivity index (χ4v) is 2.23. The molecule has 1 heterocycles. The van der Waals surface area contributed by atoms with Gasteiger partial charge in [0, 0.05) is 5.39 Å². The molecule has 1 atom stereocenters. The molecule has 0 saturated heterocycles. The molecule has 18 heavy (non-hydrogen) atoms. The van der Waals surface area contributed by atoms with Crippen LogP contribution in [-0.2, 0) is 0 Å². The summed E-state index contributed by atoms with van der Waals surface area (Å²) in [7, 11) is 0. The van der Waals surface area contributed by atoms with Crippen LogP contribution in [0.25, 0.3) is 11.0 Å². The molecule has 0 aliphatic heterocycles. The molecule has 0 spiro atoms. The first-order valence-electron chi connectivity index (χ1n) is 6.62. The predicted octanol–water partition coefficient (Wildman–Crippen LogP) is 4.55. The standard InChI is InChI=1S/C16H22O2/c1-9(2)12-7-6-11(5)13-8-14(18-16(12)13)15(17)10(3)4/h6-10,15,17H,1-5H3. The van der Waals surface area contributed by atoms with Gasteiger partial charge in [-0.25, -0.2) is 0 Å². The number of aryl methyl sites for hydroxylation is 1. The Morgan fingerprint density at radius 1 is 1.11 bits per heavy atom. The van der Waals surface area contributed by atoms with Gasteiger partial charge in [0.2, 0.25) is 0 Å². The molecule has 0 amide bonds. The lowest BCUT2D eigenvalue weighted by Gasteiger charge is -2.10. The molecular weight excluding hydrogens is 224 g/mol. The summed E-state index contributed by atoms with van der Waals surface area (Å²) < 4.78 is 5.91. The van der Waals surface area contributed by atoms with Crippen LogP contribution in [0.1, 0.15) is 56.6 Å². The zero-order chi connectivity index (χ0) is 13.4. The Bertz CT molecular complexity index is 549. The summed E-state index contributed by atoms with van der Waals surface area (Å²) in [5.41, 5.74) is 3.33. The van der Waals surface area contributed by atoms with Crippen LogP contribution in [0.15, 0.2) is 22.6 Å². The van der Waals surface area contributed by atoms with E-state index in [1.807, 2.05) is 19.9 Å². The summed E-state index contributed by atoms with van der Waals surface area (Å²) in [5, 5.41) is 11.2. The maximum Gasteiger partial charge on any atom is 0.138 e. The molecule has 98 valence electrons. The van der Waals surface area contributed by atoms with Crippen molar-refractivity contribution in [3.8, 4) is 0 Å². The molecule has 0 bridgehead atoms. The van der Waals surface area contributed by atoms with Gasteiger partial charge in [-0.3, -0.25) is 0 Å². The largest absolute Gasteiger partial charge is 0.458 e. The number of aliphatic hydroxyl groups is 1. The Balaban J connectivity index is 2.62. The number of aliphatic hydroxyl groups excluding tert-OH is 1. The van der Waals surface area contributed by atoms with Crippen molar-refractivity contribution in [1.82, 2.24) is 0 Å². The lowest BCUT2D eigenvalue weighted by atomic mass is 9.98. The molecule has 0 saturated carbocycles. The number of rotatable bonds is 3. The number of hydrogen-bond acceptors (Lipinski definition) is 2. The van der Waals surface area contributed by atoms with Gasteiger partial charge in [0.15, 0.2) is 0 Å². The van der Waals surface area contributed by atoms with Crippen molar-refractivity contribution in [3.05, 3.63) is 35.1 Å². The van der Waals surface area contributed by atoms with Gasteiger partial charge in [0.25, 0.3) is 0 Å².